The van der Waals surface area contributed by atoms with Gasteiger partial charge in [-0.1, -0.05) is 24.3 Å². The van der Waals surface area contributed by atoms with Crippen molar-refractivity contribution in [2.24, 2.45) is 0 Å². The molecule has 4 rings (SSSR count). The molecule has 1 aliphatic rings. The van der Waals surface area contributed by atoms with Crippen LogP contribution in [0.15, 0.2) is 54.6 Å². The Morgan fingerprint density at radius 2 is 2.00 bits per heavy atom. The number of para-hydroxylation sites is 1. The van der Waals surface area contributed by atoms with Crippen LogP contribution in [0.5, 0.6) is 11.5 Å². The second-order valence-electron chi connectivity index (χ2n) is 5.51. The van der Waals surface area contributed by atoms with Crippen molar-refractivity contribution in [1.29, 1.82) is 0 Å². The summed E-state index contributed by atoms with van der Waals surface area (Å²) in [4.78, 5) is 12.1. The van der Waals surface area contributed by atoms with Crippen molar-refractivity contribution in [2.75, 3.05) is 6.79 Å². The number of hydrogen-bond donors (Lipinski definition) is 1. The average molecular weight is 349 g/mol. The van der Waals surface area contributed by atoms with Crippen molar-refractivity contribution < 1.29 is 14.3 Å². The van der Waals surface area contributed by atoms with Crippen LogP contribution in [-0.2, 0) is 11.3 Å². The minimum atomic E-state index is -0.245. The highest BCUT2D eigenvalue weighted by Crippen LogP contribution is 2.32. The van der Waals surface area contributed by atoms with E-state index >= 15 is 0 Å². The lowest BCUT2D eigenvalue weighted by Gasteiger charge is -2.04. The van der Waals surface area contributed by atoms with E-state index < -0.39 is 0 Å². The number of carbonyl (C=O) groups excluding carboxylic acids is 1. The topological polar surface area (TPSA) is 91.2 Å². The molecule has 0 radical (unpaired) electrons. The first kappa shape index (κ1) is 15.8. The summed E-state index contributed by atoms with van der Waals surface area (Å²) in [5.74, 6) is 1.68. The first-order valence-corrected chi connectivity index (χ1v) is 7.98. The predicted octanol–water partition coefficient (Wildman–Crippen LogP) is 1.72. The number of tetrazole rings is 1. The highest BCUT2D eigenvalue weighted by molar-refractivity contribution is 5.91. The lowest BCUT2D eigenvalue weighted by molar-refractivity contribution is -0.116. The van der Waals surface area contributed by atoms with Gasteiger partial charge in [-0.15, -0.1) is 5.10 Å². The van der Waals surface area contributed by atoms with Gasteiger partial charge in [-0.05, 0) is 46.3 Å². The highest BCUT2D eigenvalue weighted by atomic mass is 16.7. The quantitative estimate of drug-likeness (QED) is 0.705. The van der Waals surface area contributed by atoms with Crippen LogP contribution in [0, 0.1) is 0 Å². The van der Waals surface area contributed by atoms with E-state index in [1.54, 1.807) is 10.8 Å². The van der Waals surface area contributed by atoms with Gasteiger partial charge in [-0.25, -0.2) is 0 Å². The Balaban J connectivity index is 1.38. The van der Waals surface area contributed by atoms with Gasteiger partial charge in [0.25, 0.3) is 0 Å². The molecule has 0 atom stereocenters. The molecule has 8 nitrogen and oxygen atoms in total. The van der Waals surface area contributed by atoms with Crippen molar-refractivity contribution in [2.45, 2.75) is 6.54 Å². The molecule has 2 aromatic carbocycles. The van der Waals surface area contributed by atoms with Crippen LogP contribution < -0.4 is 14.8 Å². The SMILES string of the molecule is O=C(/C=C\c1ccc2c(c1)OCO2)NCc1nnnn1-c1ccccc1. The molecule has 8 heteroatoms. The molecule has 1 aliphatic heterocycles. The van der Waals surface area contributed by atoms with Gasteiger partial charge >= 0.3 is 0 Å². The molecular weight excluding hydrogens is 334 g/mol. The second kappa shape index (κ2) is 7.06. The van der Waals surface area contributed by atoms with E-state index in [1.807, 2.05) is 48.5 Å². The van der Waals surface area contributed by atoms with Crippen LogP contribution in [-0.4, -0.2) is 32.9 Å². The van der Waals surface area contributed by atoms with Gasteiger partial charge in [-0.2, -0.15) is 4.68 Å². The number of nitrogens with one attached hydrogen (secondary N) is 1. The van der Waals surface area contributed by atoms with E-state index in [4.69, 9.17) is 9.47 Å². The van der Waals surface area contributed by atoms with Crippen molar-refractivity contribution in [3.05, 3.63) is 66.0 Å². The van der Waals surface area contributed by atoms with Crippen molar-refractivity contribution >= 4 is 12.0 Å². The molecular formula is C18H15N5O3. The van der Waals surface area contributed by atoms with Gasteiger partial charge in [-0.3, -0.25) is 4.79 Å². The van der Waals surface area contributed by atoms with Gasteiger partial charge in [0.15, 0.2) is 17.3 Å². The lowest BCUT2D eigenvalue weighted by atomic mass is 10.2. The molecule has 130 valence electrons. The third kappa shape index (κ3) is 3.39. The minimum Gasteiger partial charge on any atom is -0.454 e. The molecule has 26 heavy (non-hydrogen) atoms. The summed E-state index contributed by atoms with van der Waals surface area (Å²) < 4.78 is 12.2. The molecule has 0 unspecified atom stereocenters. The summed E-state index contributed by atoms with van der Waals surface area (Å²) in [7, 11) is 0. The molecule has 1 amide bonds. The number of fused-ring (bicyclic) bond motifs is 1. The summed E-state index contributed by atoms with van der Waals surface area (Å²) in [5.41, 5.74) is 1.68. The van der Waals surface area contributed by atoms with E-state index in [1.165, 1.54) is 6.08 Å². The van der Waals surface area contributed by atoms with Gasteiger partial charge in [0.1, 0.15) is 0 Å². The largest absolute Gasteiger partial charge is 0.454 e. The fourth-order valence-electron chi connectivity index (χ4n) is 2.50. The molecule has 0 bridgehead atoms. The number of benzene rings is 2. The lowest BCUT2D eigenvalue weighted by Crippen LogP contribution is -2.22. The van der Waals surface area contributed by atoms with Gasteiger partial charge in [0.2, 0.25) is 12.7 Å². The fraction of sp³-hybridized carbons (Fsp3) is 0.111. The van der Waals surface area contributed by atoms with E-state index in [0.29, 0.717) is 17.3 Å². The molecule has 3 aromatic rings. The smallest absolute Gasteiger partial charge is 0.244 e. The van der Waals surface area contributed by atoms with E-state index in [-0.39, 0.29) is 19.2 Å². The third-order valence-corrected chi connectivity index (χ3v) is 3.78. The van der Waals surface area contributed by atoms with Crippen LogP contribution in [0.25, 0.3) is 11.8 Å². The summed E-state index contributed by atoms with van der Waals surface area (Å²) in [6.45, 7) is 0.436. The normalized spacial score (nSPS) is 12.5. The Hall–Kier alpha value is -3.68. The zero-order valence-corrected chi connectivity index (χ0v) is 13.7. The van der Waals surface area contributed by atoms with Crippen LogP contribution in [0.4, 0.5) is 0 Å². The number of ether oxygens (including phenoxy) is 2. The monoisotopic (exact) mass is 349 g/mol. The fourth-order valence-corrected chi connectivity index (χ4v) is 2.50. The van der Waals surface area contributed by atoms with Gasteiger partial charge < -0.3 is 14.8 Å². The maximum atomic E-state index is 12.1. The molecule has 0 saturated carbocycles. The first-order chi connectivity index (χ1) is 12.8. The van der Waals surface area contributed by atoms with Gasteiger partial charge in [0, 0.05) is 6.08 Å². The summed E-state index contributed by atoms with van der Waals surface area (Å²) in [6, 6.07) is 15.0. The van der Waals surface area contributed by atoms with Crippen molar-refractivity contribution in [1.82, 2.24) is 25.5 Å². The Morgan fingerprint density at radius 1 is 1.15 bits per heavy atom. The average Bonchev–Trinajstić information content (AvgIpc) is 3.34. The molecule has 1 N–H and O–H groups in total. The van der Waals surface area contributed by atoms with E-state index in [9.17, 15) is 4.79 Å². The molecule has 0 spiro atoms. The first-order valence-electron chi connectivity index (χ1n) is 7.98. The minimum absolute atomic E-state index is 0.214. The Labute approximate surface area is 149 Å². The zero-order valence-electron chi connectivity index (χ0n) is 13.7. The maximum absolute atomic E-state index is 12.1. The standard InChI is InChI=1S/C18H15N5O3/c24-18(9-7-13-6-8-15-16(10-13)26-12-25-15)19-11-17-20-21-22-23(17)14-4-2-1-3-5-14/h1-10H,11-12H2,(H,19,24)/b9-7-. The van der Waals surface area contributed by atoms with Crippen LogP contribution in [0.2, 0.25) is 0 Å². The van der Waals surface area contributed by atoms with Gasteiger partial charge in [0.05, 0.1) is 12.2 Å². The molecule has 2 heterocycles. The van der Waals surface area contributed by atoms with Crippen LogP contribution >= 0.6 is 0 Å². The summed E-state index contributed by atoms with van der Waals surface area (Å²) in [5, 5.41) is 14.4. The third-order valence-electron chi connectivity index (χ3n) is 3.78. The Morgan fingerprint density at radius 3 is 2.88 bits per heavy atom. The number of rotatable bonds is 5. The van der Waals surface area contributed by atoms with E-state index in [2.05, 4.69) is 20.8 Å². The Bertz CT molecular complexity index is 952. The van der Waals surface area contributed by atoms with Crippen molar-refractivity contribution in [3.63, 3.8) is 0 Å². The highest BCUT2D eigenvalue weighted by Gasteiger charge is 2.12. The molecule has 1 aromatic heterocycles. The molecule has 0 aliphatic carbocycles. The zero-order chi connectivity index (χ0) is 17.8. The number of carbonyl (C=O) groups is 1. The summed E-state index contributed by atoms with van der Waals surface area (Å²) >= 11 is 0. The molecule has 0 saturated heterocycles. The van der Waals surface area contributed by atoms with Crippen LogP contribution in [0.1, 0.15) is 11.4 Å². The van der Waals surface area contributed by atoms with E-state index in [0.717, 1.165) is 11.3 Å². The summed E-state index contributed by atoms with van der Waals surface area (Å²) in [6.07, 6.45) is 3.16. The van der Waals surface area contributed by atoms with Crippen LogP contribution in [0.3, 0.4) is 0 Å². The number of hydrogen-bond acceptors (Lipinski definition) is 6. The number of aromatic nitrogens is 4. The Kier molecular flexibility index (Phi) is 4.29. The maximum Gasteiger partial charge on any atom is 0.244 e. The number of nitrogens with zero attached hydrogens (tertiary/aromatic N) is 4. The molecule has 0 fully saturated rings. The van der Waals surface area contributed by atoms with Crippen molar-refractivity contribution in [3.8, 4) is 17.2 Å². The number of amides is 1. The predicted molar refractivity (Wildman–Crippen MR) is 92.6 cm³/mol. The second-order valence-corrected chi connectivity index (χ2v) is 5.51.